The summed E-state index contributed by atoms with van der Waals surface area (Å²) in [4.78, 5) is 0. The number of alkyl halides is 1. The normalized spacial score (nSPS) is 9.59. The zero-order valence-corrected chi connectivity index (χ0v) is 11.0. The highest BCUT2D eigenvalue weighted by molar-refractivity contribution is 6.18. The van der Waals surface area contributed by atoms with E-state index in [-0.39, 0.29) is 0 Å². The standard InChI is InChI=1S/C14H17ClO2/c1-12-11-13(5-3-4-8-15)6-7-14(12)17-10-9-16-2/h6-7,11H,4,8-10H2,1-2H3. The van der Waals surface area contributed by atoms with Gasteiger partial charge in [0.1, 0.15) is 12.4 Å². The molecule has 0 unspecified atom stereocenters. The lowest BCUT2D eigenvalue weighted by Crippen LogP contribution is -2.05. The Balaban J connectivity index is 2.63. The predicted octanol–water partition coefficient (Wildman–Crippen LogP) is 3.00. The first-order chi connectivity index (χ1) is 8.27. The van der Waals surface area contributed by atoms with Gasteiger partial charge >= 0.3 is 0 Å². The van der Waals surface area contributed by atoms with E-state index in [1.807, 2.05) is 25.1 Å². The first-order valence-corrected chi connectivity index (χ1v) is 6.08. The number of rotatable bonds is 5. The van der Waals surface area contributed by atoms with Crippen LogP contribution in [0.1, 0.15) is 17.5 Å². The molecule has 0 aromatic heterocycles. The van der Waals surface area contributed by atoms with Crippen molar-refractivity contribution in [2.75, 3.05) is 26.2 Å². The Bertz CT molecular complexity index is 404. The molecule has 0 aliphatic rings. The third-order valence-electron chi connectivity index (χ3n) is 2.17. The van der Waals surface area contributed by atoms with Crippen molar-refractivity contribution in [1.82, 2.24) is 0 Å². The second kappa shape index (κ2) is 8.00. The maximum atomic E-state index is 5.56. The summed E-state index contributed by atoms with van der Waals surface area (Å²) in [6.07, 6.45) is 0.715. The van der Waals surface area contributed by atoms with Crippen LogP contribution in [0, 0.1) is 18.8 Å². The van der Waals surface area contributed by atoms with Crippen LogP contribution in [0.15, 0.2) is 18.2 Å². The van der Waals surface area contributed by atoms with Crippen molar-refractivity contribution in [3.8, 4) is 17.6 Å². The van der Waals surface area contributed by atoms with E-state index in [1.165, 1.54) is 0 Å². The fourth-order valence-corrected chi connectivity index (χ4v) is 1.43. The second-order valence-electron chi connectivity index (χ2n) is 3.56. The molecule has 0 spiro atoms. The largest absolute Gasteiger partial charge is 0.491 e. The zero-order chi connectivity index (χ0) is 12.5. The summed E-state index contributed by atoms with van der Waals surface area (Å²) >= 11 is 5.56. The van der Waals surface area contributed by atoms with Crippen molar-refractivity contribution in [3.05, 3.63) is 29.3 Å². The molecule has 0 saturated heterocycles. The molecule has 0 amide bonds. The Morgan fingerprint density at radius 2 is 2.12 bits per heavy atom. The van der Waals surface area contributed by atoms with Gasteiger partial charge in [-0.05, 0) is 30.7 Å². The third kappa shape index (κ3) is 5.12. The average Bonchev–Trinajstić information content (AvgIpc) is 2.32. The number of aryl methyl sites for hydroxylation is 1. The lowest BCUT2D eigenvalue weighted by atomic mass is 10.1. The molecule has 1 aromatic carbocycles. The van der Waals surface area contributed by atoms with Gasteiger partial charge in [-0.25, -0.2) is 0 Å². The monoisotopic (exact) mass is 252 g/mol. The van der Waals surface area contributed by atoms with Crippen LogP contribution in [0.3, 0.4) is 0 Å². The maximum Gasteiger partial charge on any atom is 0.122 e. The number of hydrogen-bond acceptors (Lipinski definition) is 2. The molecule has 0 aliphatic carbocycles. The van der Waals surface area contributed by atoms with E-state index in [4.69, 9.17) is 21.1 Å². The Hall–Kier alpha value is -1.17. The average molecular weight is 253 g/mol. The number of methoxy groups -OCH3 is 1. The fourth-order valence-electron chi connectivity index (χ4n) is 1.34. The smallest absolute Gasteiger partial charge is 0.122 e. The predicted molar refractivity (Wildman–Crippen MR) is 70.8 cm³/mol. The van der Waals surface area contributed by atoms with Gasteiger partial charge in [0.25, 0.3) is 0 Å². The minimum absolute atomic E-state index is 0.564. The van der Waals surface area contributed by atoms with Crippen molar-refractivity contribution in [1.29, 1.82) is 0 Å². The molecule has 2 nitrogen and oxygen atoms in total. The van der Waals surface area contributed by atoms with E-state index < -0.39 is 0 Å². The first-order valence-electron chi connectivity index (χ1n) is 5.55. The van der Waals surface area contributed by atoms with Crippen LogP contribution in [-0.2, 0) is 4.74 Å². The van der Waals surface area contributed by atoms with Crippen LogP contribution in [0.4, 0.5) is 0 Å². The quantitative estimate of drug-likeness (QED) is 0.456. The van der Waals surface area contributed by atoms with Gasteiger partial charge in [-0.15, -0.1) is 11.6 Å². The summed E-state index contributed by atoms with van der Waals surface area (Å²) in [6, 6.07) is 5.91. The SMILES string of the molecule is COCCOc1ccc(C#CCCCl)cc1C. The van der Waals surface area contributed by atoms with Gasteiger partial charge in [-0.1, -0.05) is 11.8 Å². The van der Waals surface area contributed by atoms with Gasteiger partial charge < -0.3 is 9.47 Å². The lowest BCUT2D eigenvalue weighted by Gasteiger charge is -2.08. The van der Waals surface area contributed by atoms with Crippen LogP contribution in [-0.4, -0.2) is 26.2 Å². The molecule has 0 bridgehead atoms. The Morgan fingerprint density at radius 3 is 2.76 bits per heavy atom. The summed E-state index contributed by atoms with van der Waals surface area (Å²) in [5, 5.41) is 0. The van der Waals surface area contributed by atoms with Gasteiger partial charge in [0, 0.05) is 25.0 Å². The van der Waals surface area contributed by atoms with Gasteiger partial charge in [-0.3, -0.25) is 0 Å². The Kier molecular flexibility index (Phi) is 6.54. The fraction of sp³-hybridized carbons (Fsp3) is 0.429. The summed E-state index contributed by atoms with van der Waals surface area (Å²) in [6.45, 7) is 3.17. The minimum Gasteiger partial charge on any atom is -0.491 e. The zero-order valence-electron chi connectivity index (χ0n) is 10.3. The van der Waals surface area contributed by atoms with Crippen molar-refractivity contribution >= 4 is 11.6 Å². The molecular formula is C14H17ClO2. The van der Waals surface area contributed by atoms with Crippen LogP contribution in [0.2, 0.25) is 0 Å². The number of hydrogen-bond donors (Lipinski definition) is 0. The van der Waals surface area contributed by atoms with Crippen LogP contribution < -0.4 is 4.74 Å². The Morgan fingerprint density at radius 1 is 1.29 bits per heavy atom. The number of benzene rings is 1. The molecule has 1 rings (SSSR count). The van der Waals surface area contributed by atoms with Crippen molar-refractivity contribution < 1.29 is 9.47 Å². The van der Waals surface area contributed by atoms with Crippen molar-refractivity contribution in [2.24, 2.45) is 0 Å². The van der Waals surface area contributed by atoms with E-state index in [9.17, 15) is 0 Å². The molecule has 3 heteroatoms. The van der Waals surface area contributed by atoms with Crippen LogP contribution >= 0.6 is 11.6 Å². The number of ether oxygens (including phenoxy) is 2. The van der Waals surface area contributed by atoms with E-state index in [2.05, 4.69) is 11.8 Å². The molecule has 0 radical (unpaired) electrons. The highest BCUT2D eigenvalue weighted by Gasteiger charge is 1.99. The molecule has 0 atom stereocenters. The molecule has 92 valence electrons. The highest BCUT2D eigenvalue weighted by atomic mass is 35.5. The summed E-state index contributed by atoms with van der Waals surface area (Å²) in [5.74, 6) is 7.53. The van der Waals surface area contributed by atoms with Gasteiger partial charge in [0.05, 0.1) is 6.61 Å². The minimum atomic E-state index is 0.564. The molecule has 1 aromatic rings. The van der Waals surface area contributed by atoms with Crippen molar-refractivity contribution in [3.63, 3.8) is 0 Å². The topological polar surface area (TPSA) is 18.5 Å². The first kappa shape index (κ1) is 13.9. The molecule has 0 heterocycles. The third-order valence-corrected chi connectivity index (χ3v) is 2.36. The van der Waals surface area contributed by atoms with E-state index in [1.54, 1.807) is 7.11 Å². The maximum absolute atomic E-state index is 5.56. The molecule has 0 saturated carbocycles. The highest BCUT2D eigenvalue weighted by Crippen LogP contribution is 2.18. The summed E-state index contributed by atoms with van der Waals surface area (Å²) in [5.41, 5.74) is 2.07. The molecule has 17 heavy (non-hydrogen) atoms. The summed E-state index contributed by atoms with van der Waals surface area (Å²) < 4.78 is 10.5. The van der Waals surface area contributed by atoms with E-state index in [0.29, 0.717) is 25.5 Å². The van der Waals surface area contributed by atoms with E-state index >= 15 is 0 Å². The number of halogens is 1. The van der Waals surface area contributed by atoms with Crippen LogP contribution in [0.25, 0.3) is 0 Å². The van der Waals surface area contributed by atoms with Crippen molar-refractivity contribution in [2.45, 2.75) is 13.3 Å². The van der Waals surface area contributed by atoms with Crippen LogP contribution in [0.5, 0.6) is 5.75 Å². The molecule has 0 N–H and O–H groups in total. The van der Waals surface area contributed by atoms with Gasteiger partial charge in [0.15, 0.2) is 0 Å². The second-order valence-corrected chi connectivity index (χ2v) is 3.94. The summed E-state index contributed by atoms with van der Waals surface area (Å²) in [7, 11) is 1.66. The van der Waals surface area contributed by atoms with E-state index in [0.717, 1.165) is 16.9 Å². The van der Waals surface area contributed by atoms with Gasteiger partial charge in [0.2, 0.25) is 0 Å². The van der Waals surface area contributed by atoms with Gasteiger partial charge in [-0.2, -0.15) is 0 Å². The Labute approximate surface area is 108 Å². The lowest BCUT2D eigenvalue weighted by molar-refractivity contribution is 0.146. The molecular weight excluding hydrogens is 236 g/mol. The molecule has 0 aliphatic heterocycles. The molecule has 0 fully saturated rings.